The molecule has 1 aromatic rings. The molecule has 0 radical (unpaired) electrons. The highest BCUT2D eigenvalue weighted by atomic mass is 16.3. The summed E-state index contributed by atoms with van der Waals surface area (Å²) in [5, 5.41) is 8.83. The summed E-state index contributed by atoms with van der Waals surface area (Å²) in [5.41, 5.74) is 1.01. The van der Waals surface area contributed by atoms with Gasteiger partial charge in [-0.3, -0.25) is 0 Å². The Bertz CT molecular complexity index is 310. The van der Waals surface area contributed by atoms with Crippen LogP contribution in [0.25, 0.3) is 0 Å². The van der Waals surface area contributed by atoms with Crippen LogP contribution in [0.2, 0.25) is 0 Å². The molecule has 0 saturated heterocycles. The van der Waals surface area contributed by atoms with Crippen LogP contribution in [0.1, 0.15) is 37.7 Å². The van der Waals surface area contributed by atoms with Gasteiger partial charge in [0.1, 0.15) is 11.5 Å². The predicted molar refractivity (Wildman–Crippen MR) is 57.3 cm³/mol. The Morgan fingerprint density at radius 2 is 2.29 bits per heavy atom. The molecule has 0 aliphatic heterocycles. The normalized spacial score (nSPS) is 14.4. The molecule has 14 heavy (non-hydrogen) atoms. The number of furan rings is 1. The first-order valence-corrected chi connectivity index (χ1v) is 4.96. The van der Waals surface area contributed by atoms with Gasteiger partial charge < -0.3 is 9.52 Å². The molecular weight excluding hydrogens is 176 g/mol. The minimum atomic E-state index is 0.143. The van der Waals surface area contributed by atoms with Gasteiger partial charge in [0.2, 0.25) is 0 Å². The SMILES string of the molecule is C/C(=C\CC(C)c1ccc(C)o1)CO. The van der Waals surface area contributed by atoms with Gasteiger partial charge in [0, 0.05) is 5.92 Å². The van der Waals surface area contributed by atoms with E-state index in [9.17, 15) is 0 Å². The number of aliphatic hydroxyl groups excluding tert-OH is 1. The molecule has 1 aromatic heterocycles. The monoisotopic (exact) mass is 194 g/mol. The van der Waals surface area contributed by atoms with Gasteiger partial charge in [0.15, 0.2) is 0 Å². The number of hydrogen-bond acceptors (Lipinski definition) is 2. The van der Waals surface area contributed by atoms with Crippen molar-refractivity contribution in [3.05, 3.63) is 35.3 Å². The summed E-state index contributed by atoms with van der Waals surface area (Å²) in [6, 6.07) is 4.00. The van der Waals surface area contributed by atoms with Crippen molar-refractivity contribution >= 4 is 0 Å². The lowest BCUT2D eigenvalue weighted by molar-refractivity contribution is 0.330. The fourth-order valence-corrected chi connectivity index (χ4v) is 1.28. The topological polar surface area (TPSA) is 33.4 Å². The van der Waals surface area contributed by atoms with Gasteiger partial charge >= 0.3 is 0 Å². The molecule has 0 aliphatic rings. The second kappa shape index (κ2) is 5.01. The molecule has 1 atom stereocenters. The van der Waals surface area contributed by atoms with Crippen molar-refractivity contribution in [1.82, 2.24) is 0 Å². The second-order valence-electron chi connectivity index (χ2n) is 3.79. The molecule has 0 aromatic carbocycles. The van der Waals surface area contributed by atoms with E-state index in [0.717, 1.165) is 23.5 Å². The molecule has 0 spiro atoms. The Kier molecular flexibility index (Phi) is 3.96. The number of allylic oxidation sites excluding steroid dienone is 1. The number of aryl methyl sites for hydroxylation is 1. The summed E-state index contributed by atoms with van der Waals surface area (Å²) >= 11 is 0. The van der Waals surface area contributed by atoms with Gasteiger partial charge in [-0.2, -0.15) is 0 Å². The number of rotatable bonds is 4. The van der Waals surface area contributed by atoms with Crippen LogP contribution in [0, 0.1) is 6.92 Å². The van der Waals surface area contributed by atoms with Crippen molar-refractivity contribution in [3.8, 4) is 0 Å². The molecule has 2 nitrogen and oxygen atoms in total. The Balaban J connectivity index is 2.54. The molecule has 0 fully saturated rings. The van der Waals surface area contributed by atoms with E-state index in [1.54, 1.807) is 0 Å². The average molecular weight is 194 g/mol. The fourth-order valence-electron chi connectivity index (χ4n) is 1.28. The third-order valence-corrected chi connectivity index (χ3v) is 2.32. The third kappa shape index (κ3) is 3.04. The zero-order chi connectivity index (χ0) is 10.6. The van der Waals surface area contributed by atoms with Crippen molar-refractivity contribution in [3.63, 3.8) is 0 Å². The summed E-state index contributed by atoms with van der Waals surface area (Å²) in [6.07, 6.45) is 2.97. The average Bonchev–Trinajstić information content (AvgIpc) is 2.60. The summed E-state index contributed by atoms with van der Waals surface area (Å²) < 4.78 is 5.52. The summed E-state index contributed by atoms with van der Waals surface area (Å²) in [7, 11) is 0. The van der Waals surface area contributed by atoms with E-state index in [1.165, 1.54) is 0 Å². The van der Waals surface area contributed by atoms with Crippen LogP contribution >= 0.6 is 0 Å². The summed E-state index contributed by atoms with van der Waals surface area (Å²) in [5.74, 6) is 2.35. The molecule has 2 heteroatoms. The third-order valence-electron chi connectivity index (χ3n) is 2.32. The molecule has 1 heterocycles. The summed E-state index contributed by atoms with van der Waals surface area (Å²) in [6.45, 7) is 6.15. The summed E-state index contributed by atoms with van der Waals surface area (Å²) in [4.78, 5) is 0. The molecular formula is C12H18O2. The maximum Gasteiger partial charge on any atom is 0.107 e. The first kappa shape index (κ1) is 11.1. The van der Waals surface area contributed by atoms with Crippen LogP contribution in [0.4, 0.5) is 0 Å². The van der Waals surface area contributed by atoms with Gasteiger partial charge in [-0.05, 0) is 32.4 Å². The van der Waals surface area contributed by atoms with Crippen molar-refractivity contribution < 1.29 is 9.52 Å². The van der Waals surface area contributed by atoms with E-state index >= 15 is 0 Å². The number of hydrogen-bond donors (Lipinski definition) is 1. The van der Waals surface area contributed by atoms with Crippen molar-refractivity contribution in [2.75, 3.05) is 6.61 Å². The highest BCUT2D eigenvalue weighted by Gasteiger charge is 2.07. The van der Waals surface area contributed by atoms with E-state index < -0.39 is 0 Å². The van der Waals surface area contributed by atoms with E-state index in [1.807, 2.05) is 26.0 Å². The van der Waals surface area contributed by atoms with Gasteiger partial charge in [-0.1, -0.05) is 18.6 Å². The predicted octanol–water partition coefficient (Wildman–Crippen LogP) is 3.02. The molecule has 0 aliphatic carbocycles. The Morgan fingerprint density at radius 1 is 1.57 bits per heavy atom. The minimum Gasteiger partial charge on any atom is -0.466 e. The fraction of sp³-hybridized carbons (Fsp3) is 0.500. The van der Waals surface area contributed by atoms with Crippen molar-refractivity contribution in [1.29, 1.82) is 0 Å². The van der Waals surface area contributed by atoms with Gasteiger partial charge in [0.05, 0.1) is 6.61 Å². The Labute approximate surface area is 85.2 Å². The highest BCUT2D eigenvalue weighted by Crippen LogP contribution is 2.22. The first-order chi connectivity index (χ1) is 6.63. The van der Waals surface area contributed by atoms with Gasteiger partial charge in [0.25, 0.3) is 0 Å². The van der Waals surface area contributed by atoms with Crippen molar-refractivity contribution in [2.24, 2.45) is 0 Å². The second-order valence-corrected chi connectivity index (χ2v) is 3.79. The molecule has 1 N–H and O–H groups in total. The zero-order valence-electron chi connectivity index (χ0n) is 9.08. The minimum absolute atomic E-state index is 0.143. The maximum atomic E-state index is 8.83. The van der Waals surface area contributed by atoms with E-state index in [4.69, 9.17) is 9.52 Å². The molecule has 0 amide bonds. The smallest absolute Gasteiger partial charge is 0.107 e. The molecule has 78 valence electrons. The Morgan fingerprint density at radius 3 is 2.79 bits per heavy atom. The van der Waals surface area contributed by atoms with Crippen LogP contribution < -0.4 is 0 Å². The Hall–Kier alpha value is -1.02. The van der Waals surface area contributed by atoms with E-state index in [2.05, 4.69) is 13.0 Å². The van der Waals surface area contributed by atoms with Crippen LogP contribution in [-0.4, -0.2) is 11.7 Å². The molecule has 0 bridgehead atoms. The van der Waals surface area contributed by atoms with Crippen LogP contribution in [0.5, 0.6) is 0 Å². The van der Waals surface area contributed by atoms with Crippen LogP contribution in [0.3, 0.4) is 0 Å². The molecule has 0 saturated carbocycles. The lowest BCUT2D eigenvalue weighted by Crippen LogP contribution is -1.91. The molecule has 1 rings (SSSR count). The van der Waals surface area contributed by atoms with Gasteiger partial charge in [-0.25, -0.2) is 0 Å². The molecule has 1 unspecified atom stereocenters. The van der Waals surface area contributed by atoms with Crippen LogP contribution in [0.15, 0.2) is 28.2 Å². The highest BCUT2D eigenvalue weighted by molar-refractivity contribution is 5.11. The first-order valence-electron chi connectivity index (χ1n) is 4.96. The van der Waals surface area contributed by atoms with Gasteiger partial charge in [-0.15, -0.1) is 0 Å². The quantitative estimate of drug-likeness (QED) is 0.747. The standard InChI is InChI=1S/C12H18O2/c1-9(8-13)4-5-10(2)12-7-6-11(3)14-12/h4,6-7,10,13H,5,8H2,1-3H3/b9-4+. The van der Waals surface area contributed by atoms with E-state index in [-0.39, 0.29) is 6.61 Å². The zero-order valence-corrected chi connectivity index (χ0v) is 9.08. The van der Waals surface area contributed by atoms with E-state index in [0.29, 0.717) is 5.92 Å². The lowest BCUT2D eigenvalue weighted by atomic mass is 10.0. The number of aliphatic hydroxyl groups is 1. The lowest BCUT2D eigenvalue weighted by Gasteiger charge is -2.05. The largest absolute Gasteiger partial charge is 0.466 e. The van der Waals surface area contributed by atoms with Crippen molar-refractivity contribution in [2.45, 2.75) is 33.1 Å². The van der Waals surface area contributed by atoms with Crippen LogP contribution in [-0.2, 0) is 0 Å². The maximum absolute atomic E-state index is 8.83.